The van der Waals surface area contributed by atoms with Gasteiger partial charge in [-0.25, -0.2) is 9.59 Å². The Morgan fingerprint density at radius 3 is 2.09 bits per heavy atom. The van der Waals surface area contributed by atoms with Crippen LogP contribution in [0.15, 0.2) is 65.5 Å². The number of hydrogen-bond donors (Lipinski definition) is 2. The van der Waals surface area contributed by atoms with E-state index in [0.29, 0.717) is 45.4 Å². The van der Waals surface area contributed by atoms with Crippen LogP contribution in [0, 0.1) is 0 Å². The average molecular weight is 448 g/mol. The fraction of sp³-hybridized carbons (Fsp3) is 0.167. The van der Waals surface area contributed by atoms with Gasteiger partial charge in [0.05, 0.1) is 36.6 Å². The predicted octanol–water partition coefficient (Wildman–Crippen LogP) is 4.33. The highest BCUT2D eigenvalue weighted by atomic mass is 16.5. The first-order valence-electron chi connectivity index (χ1n) is 10.1. The largest absolute Gasteiger partial charge is 0.497 e. The molecule has 0 aliphatic heterocycles. The molecule has 9 heteroatoms. The minimum atomic E-state index is -0.503. The van der Waals surface area contributed by atoms with Crippen molar-refractivity contribution in [2.75, 3.05) is 24.9 Å². The summed E-state index contributed by atoms with van der Waals surface area (Å²) in [4.78, 5) is 25.3. The fourth-order valence-electron chi connectivity index (χ4n) is 3.50. The number of ether oxygens (including phenoxy) is 3. The molecule has 33 heavy (non-hydrogen) atoms. The van der Waals surface area contributed by atoms with Gasteiger partial charge in [-0.2, -0.15) is 0 Å². The lowest BCUT2D eigenvalue weighted by molar-refractivity contribution is 0.262. The monoisotopic (exact) mass is 448 g/mol. The van der Waals surface area contributed by atoms with Crippen LogP contribution in [-0.4, -0.2) is 29.4 Å². The van der Waals surface area contributed by atoms with E-state index in [9.17, 15) is 9.59 Å². The van der Waals surface area contributed by atoms with E-state index >= 15 is 0 Å². The summed E-state index contributed by atoms with van der Waals surface area (Å²) in [6, 6.07) is 17.2. The van der Waals surface area contributed by atoms with E-state index in [1.807, 2.05) is 18.2 Å². The Labute approximate surface area is 190 Å². The van der Waals surface area contributed by atoms with Gasteiger partial charge in [0, 0.05) is 26.2 Å². The lowest BCUT2D eigenvalue weighted by Gasteiger charge is -2.15. The Kier molecular flexibility index (Phi) is 5.95. The maximum atomic E-state index is 12.9. The van der Waals surface area contributed by atoms with Crippen molar-refractivity contribution in [3.63, 3.8) is 0 Å². The Balaban J connectivity index is 1.69. The van der Waals surface area contributed by atoms with Gasteiger partial charge < -0.3 is 24.8 Å². The van der Waals surface area contributed by atoms with Crippen molar-refractivity contribution >= 4 is 28.4 Å². The van der Waals surface area contributed by atoms with E-state index in [1.54, 1.807) is 63.7 Å². The van der Waals surface area contributed by atoms with Crippen LogP contribution in [0.25, 0.3) is 11.0 Å². The summed E-state index contributed by atoms with van der Waals surface area (Å²) in [5, 5.41) is 5.59. The first-order valence-corrected chi connectivity index (χ1v) is 10.1. The van der Waals surface area contributed by atoms with Gasteiger partial charge in [0.15, 0.2) is 5.75 Å². The Morgan fingerprint density at radius 1 is 0.758 bits per heavy atom. The number of fused-ring (bicyclic) bond motifs is 1. The summed E-state index contributed by atoms with van der Waals surface area (Å²) in [6.07, 6.45) is 0. The number of rotatable bonds is 6. The van der Waals surface area contributed by atoms with Gasteiger partial charge in [0.25, 0.3) is 0 Å². The molecule has 2 amide bonds. The molecule has 0 aliphatic carbocycles. The molecule has 1 aromatic heterocycles. The molecule has 0 radical (unpaired) electrons. The van der Waals surface area contributed by atoms with Gasteiger partial charge in [-0.1, -0.05) is 18.2 Å². The molecule has 1 heterocycles. The highest BCUT2D eigenvalue weighted by Gasteiger charge is 2.17. The number of aryl methyl sites for hydroxylation is 2. The predicted molar refractivity (Wildman–Crippen MR) is 127 cm³/mol. The molecule has 0 saturated carbocycles. The zero-order chi connectivity index (χ0) is 23.5. The third-order valence-corrected chi connectivity index (χ3v) is 5.25. The average Bonchev–Trinajstić information content (AvgIpc) is 3.03. The number of amides is 2. The van der Waals surface area contributed by atoms with Crippen LogP contribution in [-0.2, 0) is 14.1 Å². The SMILES string of the molecule is COc1ccc(NC(=O)Nc2cc3c(cc2Oc2ccccc2)n(C)c(=O)n3C)c(OC)c1. The number of nitrogens with zero attached hydrogens (tertiary/aromatic N) is 2. The van der Waals surface area contributed by atoms with Gasteiger partial charge >= 0.3 is 11.7 Å². The smallest absolute Gasteiger partial charge is 0.328 e. The summed E-state index contributed by atoms with van der Waals surface area (Å²) in [6.45, 7) is 0. The molecule has 4 rings (SSSR count). The lowest BCUT2D eigenvalue weighted by atomic mass is 10.2. The zero-order valence-corrected chi connectivity index (χ0v) is 18.7. The summed E-state index contributed by atoms with van der Waals surface area (Å²) >= 11 is 0. The number of anilines is 2. The summed E-state index contributed by atoms with van der Waals surface area (Å²) in [7, 11) is 6.42. The number of carbonyl (C=O) groups is 1. The third-order valence-electron chi connectivity index (χ3n) is 5.25. The first kappa shape index (κ1) is 21.8. The van der Waals surface area contributed by atoms with Crippen molar-refractivity contribution in [3.8, 4) is 23.0 Å². The van der Waals surface area contributed by atoms with Crippen molar-refractivity contribution in [3.05, 3.63) is 71.1 Å². The van der Waals surface area contributed by atoms with Gasteiger partial charge in [-0.15, -0.1) is 0 Å². The van der Waals surface area contributed by atoms with Crippen molar-refractivity contribution in [2.45, 2.75) is 0 Å². The Hall–Kier alpha value is -4.40. The molecule has 2 N–H and O–H groups in total. The van der Waals surface area contributed by atoms with Gasteiger partial charge in [-0.3, -0.25) is 9.13 Å². The van der Waals surface area contributed by atoms with Crippen LogP contribution in [0.1, 0.15) is 0 Å². The maximum absolute atomic E-state index is 12.9. The number of urea groups is 1. The second-order valence-corrected chi connectivity index (χ2v) is 7.30. The number of nitrogens with one attached hydrogen (secondary N) is 2. The number of methoxy groups -OCH3 is 2. The van der Waals surface area contributed by atoms with E-state index in [1.165, 1.54) is 16.2 Å². The number of para-hydroxylation sites is 1. The molecule has 0 unspecified atom stereocenters. The molecule has 0 bridgehead atoms. The quantitative estimate of drug-likeness (QED) is 0.458. The second-order valence-electron chi connectivity index (χ2n) is 7.30. The summed E-state index contributed by atoms with van der Waals surface area (Å²) < 4.78 is 19.6. The second kappa shape index (κ2) is 8.99. The summed E-state index contributed by atoms with van der Waals surface area (Å²) in [5.41, 5.74) is 2.02. The highest BCUT2D eigenvalue weighted by molar-refractivity contribution is 6.03. The van der Waals surface area contributed by atoms with E-state index in [0.717, 1.165) is 0 Å². The third kappa shape index (κ3) is 4.33. The van der Waals surface area contributed by atoms with Crippen molar-refractivity contribution < 1.29 is 19.0 Å². The topological polar surface area (TPSA) is 95.8 Å². The van der Waals surface area contributed by atoms with E-state index in [-0.39, 0.29) is 5.69 Å². The molecule has 0 spiro atoms. The lowest BCUT2D eigenvalue weighted by Crippen LogP contribution is -2.20. The molecule has 0 saturated heterocycles. The van der Waals surface area contributed by atoms with Crippen LogP contribution in [0.4, 0.5) is 16.2 Å². The number of imidazole rings is 1. The van der Waals surface area contributed by atoms with Gasteiger partial charge in [0.1, 0.15) is 17.2 Å². The minimum absolute atomic E-state index is 0.180. The Morgan fingerprint density at radius 2 is 1.42 bits per heavy atom. The minimum Gasteiger partial charge on any atom is -0.497 e. The molecule has 3 aromatic carbocycles. The molecular weight excluding hydrogens is 424 g/mol. The fourth-order valence-corrected chi connectivity index (χ4v) is 3.50. The zero-order valence-electron chi connectivity index (χ0n) is 18.7. The van der Waals surface area contributed by atoms with E-state index in [2.05, 4.69) is 10.6 Å². The van der Waals surface area contributed by atoms with Crippen LogP contribution in [0.2, 0.25) is 0 Å². The highest BCUT2D eigenvalue weighted by Crippen LogP contribution is 2.34. The molecule has 0 atom stereocenters. The van der Waals surface area contributed by atoms with Crippen LogP contribution in [0.3, 0.4) is 0 Å². The van der Waals surface area contributed by atoms with Crippen molar-refractivity contribution in [1.29, 1.82) is 0 Å². The molecule has 170 valence electrons. The molecule has 9 nitrogen and oxygen atoms in total. The van der Waals surface area contributed by atoms with E-state index < -0.39 is 6.03 Å². The molecule has 0 fully saturated rings. The van der Waals surface area contributed by atoms with Crippen molar-refractivity contribution in [2.24, 2.45) is 14.1 Å². The van der Waals surface area contributed by atoms with Gasteiger partial charge in [-0.05, 0) is 30.3 Å². The molecular formula is C24H24N4O5. The van der Waals surface area contributed by atoms with Crippen LogP contribution in [0.5, 0.6) is 23.0 Å². The van der Waals surface area contributed by atoms with E-state index in [4.69, 9.17) is 14.2 Å². The molecule has 0 aliphatic rings. The van der Waals surface area contributed by atoms with Crippen LogP contribution < -0.4 is 30.5 Å². The standard InChI is InChI=1S/C24H24N4O5/c1-27-19-13-18(26-23(29)25-17-11-10-16(31-3)12-21(17)32-4)22(14-20(19)28(2)24(27)30)33-15-8-6-5-7-9-15/h5-14H,1-4H3,(H2,25,26,29). The van der Waals surface area contributed by atoms with Gasteiger partial charge in [0.2, 0.25) is 0 Å². The Bertz CT molecular complexity index is 1380. The number of hydrogen-bond acceptors (Lipinski definition) is 5. The summed E-state index contributed by atoms with van der Waals surface area (Å²) in [5.74, 6) is 2.04. The van der Waals surface area contributed by atoms with Crippen molar-refractivity contribution in [1.82, 2.24) is 9.13 Å². The normalized spacial score (nSPS) is 10.7. The number of aromatic nitrogens is 2. The first-order chi connectivity index (χ1) is 15.9. The maximum Gasteiger partial charge on any atom is 0.328 e. The molecule has 4 aromatic rings. The number of carbonyl (C=O) groups excluding carboxylic acids is 1. The van der Waals surface area contributed by atoms with Crippen LogP contribution >= 0.6 is 0 Å². The number of benzene rings is 3.